The highest BCUT2D eigenvalue weighted by molar-refractivity contribution is 5.81. The molecule has 0 spiro atoms. The van der Waals surface area contributed by atoms with Crippen molar-refractivity contribution in [3.63, 3.8) is 0 Å². The summed E-state index contributed by atoms with van der Waals surface area (Å²) in [7, 11) is 0. The van der Waals surface area contributed by atoms with Crippen LogP contribution in [0, 0.1) is 46.8 Å². The second-order valence-corrected chi connectivity index (χ2v) is 9.25. The fourth-order valence-corrected chi connectivity index (χ4v) is 6.31. The number of carbonyl (C=O) groups excluding carboxylic acids is 1. The molecule has 21 heavy (non-hydrogen) atoms. The molecule has 1 heteroatoms. The van der Waals surface area contributed by atoms with E-state index in [1.165, 1.54) is 32.1 Å². The number of rotatable bonds is 1. The van der Waals surface area contributed by atoms with Gasteiger partial charge < -0.3 is 0 Å². The topological polar surface area (TPSA) is 17.1 Å². The largest absolute Gasteiger partial charge is 0.299 e. The van der Waals surface area contributed by atoms with Gasteiger partial charge >= 0.3 is 0 Å². The van der Waals surface area contributed by atoms with Gasteiger partial charge in [-0.2, -0.15) is 0 Å². The van der Waals surface area contributed by atoms with E-state index in [1.807, 2.05) is 0 Å². The molecule has 3 aliphatic carbocycles. The standard InChI is InChI=1S/C20H34O/c1-12(2)15-8-9-20(5)11-17-13(3)6-7-16(17)14(4)19(21)10-18(15)20/h12-18H,6-11H2,1-5H3/t13-,14+,15+,16+,17+,18-,20-/m1/s1. The third kappa shape index (κ3) is 2.49. The Bertz CT molecular complexity index is 412. The van der Waals surface area contributed by atoms with Crippen LogP contribution in [0.1, 0.15) is 73.1 Å². The molecule has 0 aromatic rings. The molecule has 1 nitrogen and oxygen atoms in total. The van der Waals surface area contributed by atoms with E-state index in [9.17, 15) is 4.79 Å². The van der Waals surface area contributed by atoms with Crippen LogP contribution in [-0.4, -0.2) is 5.78 Å². The summed E-state index contributed by atoms with van der Waals surface area (Å²) in [5.74, 6) is 5.39. The molecule has 3 rings (SSSR count). The van der Waals surface area contributed by atoms with Crippen molar-refractivity contribution in [2.75, 3.05) is 0 Å². The first-order valence-electron chi connectivity index (χ1n) is 9.36. The quantitative estimate of drug-likeness (QED) is 0.637. The van der Waals surface area contributed by atoms with Gasteiger partial charge in [-0.25, -0.2) is 0 Å². The summed E-state index contributed by atoms with van der Waals surface area (Å²) in [6.07, 6.45) is 7.63. The van der Waals surface area contributed by atoms with Crippen molar-refractivity contribution in [1.29, 1.82) is 0 Å². The van der Waals surface area contributed by atoms with Gasteiger partial charge in [0.1, 0.15) is 5.78 Å². The molecular weight excluding hydrogens is 256 g/mol. The summed E-state index contributed by atoms with van der Waals surface area (Å²) in [5, 5.41) is 0. The minimum Gasteiger partial charge on any atom is -0.299 e. The van der Waals surface area contributed by atoms with Crippen molar-refractivity contribution >= 4 is 5.78 Å². The molecule has 0 saturated heterocycles. The SMILES string of the molecule is CC(C)[C@@H]1CC[C@]2(C)C[C@@H]3[C@@H](CC[C@H]3C)[C@H](C)C(=O)C[C@H]12. The van der Waals surface area contributed by atoms with Gasteiger partial charge in [-0.15, -0.1) is 0 Å². The van der Waals surface area contributed by atoms with Crippen LogP contribution >= 0.6 is 0 Å². The van der Waals surface area contributed by atoms with Crippen LogP contribution in [0.4, 0.5) is 0 Å². The molecule has 120 valence electrons. The Labute approximate surface area is 131 Å². The fraction of sp³-hybridized carbons (Fsp3) is 0.950. The smallest absolute Gasteiger partial charge is 0.136 e. The molecule has 3 saturated carbocycles. The molecule has 0 unspecified atom stereocenters. The molecule has 0 aromatic heterocycles. The van der Waals surface area contributed by atoms with E-state index in [-0.39, 0.29) is 0 Å². The minimum atomic E-state index is 0.318. The highest BCUT2D eigenvalue weighted by atomic mass is 16.1. The van der Waals surface area contributed by atoms with Crippen LogP contribution in [0.15, 0.2) is 0 Å². The van der Waals surface area contributed by atoms with Crippen LogP contribution in [0.25, 0.3) is 0 Å². The third-order valence-corrected chi connectivity index (χ3v) is 7.83. The Morgan fingerprint density at radius 2 is 1.81 bits per heavy atom. The average Bonchev–Trinajstić information content (AvgIpc) is 2.91. The van der Waals surface area contributed by atoms with Crippen LogP contribution in [-0.2, 0) is 4.79 Å². The van der Waals surface area contributed by atoms with E-state index in [4.69, 9.17) is 0 Å². The molecular formula is C20H34O. The van der Waals surface area contributed by atoms with Crippen molar-refractivity contribution < 1.29 is 4.79 Å². The summed E-state index contributed by atoms with van der Waals surface area (Å²) < 4.78 is 0. The summed E-state index contributed by atoms with van der Waals surface area (Å²) in [5.41, 5.74) is 0.437. The highest BCUT2D eigenvalue weighted by Crippen LogP contribution is 2.59. The predicted molar refractivity (Wildman–Crippen MR) is 87.9 cm³/mol. The normalized spacial score (nSPS) is 50.7. The van der Waals surface area contributed by atoms with Crippen molar-refractivity contribution in [2.45, 2.75) is 73.1 Å². The van der Waals surface area contributed by atoms with Crippen molar-refractivity contribution in [1.82, 2.24) is 0 Å². The molecule has 0 amide bonds. The Balaban J connectivity index is 1.93. The van der Waals surface area contributed by atoms with E-state index in [2.05, 4.69) is 34.6 Å². The van der Waals surface area contributed by atoms with Crippen LogP contribution < -0.4 is 0 Å². The molecule has 3 fully saturated rings. The molecule has 0 bridgehead atoms. The molecule has 0 N–H and O–H groups in total. The molecule has 0 radical (unpaired) electrons. The second kappa shape index (κ2) is 5.39. The van der Waals surface area contributed by atoms with E-state index >= 15 is 0 Å². The first-order chi connectivity index (χ1) is 9.83. The number of hydrogen-bond donors (Lipinski definition) is 0. The lowest BCUT2D eigenvalue weighted by Gasteiger charge is -2.43. The van der Waals surface area contributed by atoms with Crippen LogP contribution in [0.5, 0.6) is 0 Å². The van der Waals surface area contributed by atoms with Crippen LogP contribution in [0.2, 0.25) is 0 Å². The first-order valence-corrected chi connectivity index (χ1v) is 9.36. The molecule has 0 heterocycles. The van der Waals surface area contributed by atoms with Crippen molar-refractivity contribution in [2.24, 2.45) is 46.8 Å². The summed E-state index contributed by atoms with van der Waals surface area (Å²) in [6.45, 7) is 11.9. The van der Waals surface area contributed by atoms with Gasteiger partial charge in [-0.3, -0.25) is 4.79 Å². The first kappa shape index (κ1) is 15.6. The van der Waals surface area contributed by atoms with Gasteiger partial charge in [0.2, 0.25) is 0 Å². The van der Waals surface area contributed by atoms with Gasteiger partial charge in [0.25, 0.3) is 0 Å². The van der Waals surface area contributed by atoms with E-state index in [0.717, 1.165) is 30.1 Å². The maximum atomic E-state index is 12.9. The van der Waals surface area contributed by atoms with Gasteiger partial charge in [0.05, 0.1) is 0 Å². The third-order valence-electron chi connectivity index (χ3n) is 7.83. The maximum Gasteiger partial charge on any atom is 0.136 e. The summed E-state index contributed by atoms with van der Waals surface area (Å²) in [6, 6.07) is 0. The second-order valence-electron chi connectivity index (χ2n) is 9.25. The summed E-state index contributed by atoms with van der Waals surface area (Å²) >= 11 is 0. The lowest BCUT2D eigenvalue weighted by atomic mass is 9.61. The van der Waals surface area contributed by atoms with E-state index in [0.29, 0.717) is 29.0 Å². The number of hydrogen-bond acceptors (Lipinski definition) is 1. The zero-order chi connectivity index (χ0) is 15.4. The average molecular weight is 290 g/mol. The van der Waals surface area contributed by atoms with E-state index in [1.54, 1.807) is 0 Å². The maximum absolute atomic E-state index is 12.9. The Morgan fingerprint density at radius 3 is 2.48 bits per heavy atom. The number of ketones is 1. The van der Waals surface area contributed by atoms with Gasteiger partial charge in [-0.05, 0) is 66.6 Å². The zero-order valence-corrected chi connectivity index (χ0v) is 14.7. The fourth-order valence-electron chi connectivity index (χ4n) is 6.31. The zero-order valence-electron chi connectivity index (χ0n) is 14.7. The van der Waals surface area contributed by atoms with Crippen LogP contribution in [0.3, 0.4) is 0 Å². The van der Waals surface area contributed by atoms with Gasteiger partial charge in [-0.1, -0.05) is 41.0 Å². The van der Waals surface area contributed by atoms with Crippen molar-refractivity contribution in [3.05, 3.63) is 0 Å². The number of fused-ring (bicyclic) bond motifs is 2. The Hall–Kier alpha value is -0.330. The lowest BCUT2D eigenvalue weighted by Crippen LogP contribution is -2.39. The highest BCUT2D eigenvalue weighted by Gasteiger charge is 2.52. The Morgan fingerprint density at radius 1 is 1.10 bits per heavy atom. The minimum absolute atomic E-state index is 0.318. The molecule has 7 atom stereocenters. The predicted octanol–water partition coefficient (Wildman–Crippen LogP) is 5.34. The monoisotopic (exact) mass is 290 g/mol. The van der Waals surface area contributed by atoms with E-state index < -0.39 is 0 Å². The summed E-state index contributed by atoms with van der Waals surface area (Å²) in [4.78, 5) is 12.9. The molecule has 0 aromatic carbocycles. The molecule has 3 aliphatic rings. The van der Waals surface area contributed by atoms with Gasteiger partial charge in [0.15, 0.2) is 0 Å². The lowest BCUT2D eigenvalue weighted by molar-refractivity contribution is -0.128. The number of Topliss-reactive ketones (excluding diaryl/α,β-unsaturated/α-hetero) is 1. The number of carbonyl (C=O) groups is 1. The van der Waals surface area contributed by atoms with Crippen molar-refractivity contribution in [3.8, 4) is 0 Å². The van der Waals surface area contributed by atoms with Gasteiger partial charge in [0, 0.05) is 12.3 Å². The Kier molecular flexibility index (Phi) is 3.99. The molecule has 0 aliphatic heterocycles.